The zero-order chi connectivity index (χ0) is 19.6. The molecule has 1 aromatic heterocycles. The van der Waals surface area contributed by atoms with Gasteiger partial charge in [-0.05, 0) is 45.7 Å². The molecule has 2 aromatic rings. The molecule has 0 aliphatic heterocycles. The van der Waals surface area contributed by atoms with Gasteiger partial charge in [0, 0.05) is 17.8 Å². The molecule has 1 fully saturated rings. The zero-order valence-electron chi connectivity index (χ0n) is 15.9. The van der Waals surface area contributed by atoms with Crippen LogP contribution in [0.5, 0.6) is 0 Å². The van der Waals surface area contributed by atoms with Gasteiger partial charge in [0.15, 0.2) is 5.16 Å². The summed E-state index contributed by atoms with van der Waals surface area (Å²) in [5.74, 6) is -1.62. The summed E-state index contributed by atoms with van der Waals surface area (Å²) in [7, 11) is 0. The van der Waals surface area contributed by atoms with E-state index in [1.54, 1.807) is 6.92 Å². The van der Waals surface area contributed by atoms with Gasteiger partial charge in [0.1, 0.15) is 11.6 Å². The minimum absolute atomic E-state index is 0.143. The number of halogens is 2. The molecule has 1 heterocycles. The first-order valence-corrected chi connectivity index (χ1v) is 10.2. The van der Waals surface area contributed by atoms with Crippen LogP contribution in [0.15, 0.2) is 23.4 Å². The number of hydrogen-bond donors (Lipinski definition) is 1. The summed E-state index contributed by atoms with van der Waals surface area (Å²) in [6, 6.07) is 3.43. The van der Waals surface area contributed by atoms with Gasteiger partial charge < -0.3 is 9.88 Å². The molecule has 4 nitrogen and oxygen atoms in total. The minimum atomic E-state index is -0.655. The zero-order valence-corrected chi connectivity index (χ0v) is 16.7. The van der Waals surface area contributed by atoms with Gasteiger partial charge in [-0.25, -0.2) is 13.8 Å². The van der Waals surface area contributed by atoms with Gasteiger partial charge in [-0.15, -0.1) is 0 Å². The van der Waals surface area contributed by atoms with E-state index in [1.165, 1.54) is 31.0 Å². The Morgan fingerprint density at radius 2 is 1.96 bits per heavy atom. The van der Waals surface area contributed by atoms with Crippen LogP contribution in [0.3, 0.4) is 0 Å². The molecule has 0 spiro atoms. The summed E-state index contributed by atoms with van der Waals surface area (Å²) in [4.78, 5) is 17.2. The number of nitrogens with one attached hydrogen (secondary N) is 1. The first kappa shape index (κ1) is 19.9. The number of carbonyl (C=O) groups is 1. The van der Waals surface area contributed by atoms with Gasteiger partial charge in [-0.3, -0.25) is 4.79 Å². The van der Waals surface area contributed by atoms with Gasteiger partial charge in [-0.1, -0.05) is 31.0 Å². The van der Waals surface area contributed by atoms with Crippen LogP contribution in [-0.4, -0.2) is 20.7 Å². The number of benzene rings is 1. The molecule has 1 aliphatic carbocycles. The Bertz CT molecular complexity index is 831. The Morgan fingerprint density at radius 3 is 2.67 bits per heavy atom. The Kier molecular flexibility index (Phi) is 6.19. The number of thioether (sulfide) groups is 1. The molecule has 27 heavy (non-hydrogen) atoms. The van der Waals surface area contributed by atoms with E-state index in [0.29, 0.717) is 6.04 Å². The molecule has 0 bridgehead atoms. The van der Waals surface area contributed by atoms with Crippen LogP contribution in [0.2, 0.25) is 0 Å². The van der Waals surface area contributed by atoms with Gasteiger partial charge in [0.2, 0.25) is 5.91 Å². The predicted molar refractivity (Wildman–Crippen MR) is 104 cm³/mol. The second kappa shape index (κ2) is 8.42. The summed E-state index contributed by atoms with van der Waals surface area (Å²) in [5, 5.41) is 2.81. The third-order valence-electron chi connectivity index (χ3n) is 5.13. The Morgan fingerprint density at radius 1 is 1.26 bits per heavy atom. The highest BCUT2D eigenvalue weighted by atomic mass is 32.2. The molecule has 1 aromatic carbocycles. The summed E-state index contributed by atoms with van der Waals surface area (Å²) >= 11 is 1.36. The number of aromatic nitrogens is 2. The molecule has 1 saturated carbocycles. The summed E-state index contributed by atoms with van der Waals surface area (Å²) in [6.07, 6.45) is 5.93. The number of imidazole rings is 1. The molecule has 0 saturated heterocycles. The number of nitrogens with zero attached hydrogens (tertiary/aromatic N) is 2. The van der Waals surface area contributed by atoms with Crippen molar-refractivity contribution in [2.45, 2.75) is 69.3 Å². The maximum atomic E-state index is 13.8. The quantitative estimate of drug-likeness (QED) is 0.692. The highest BCUT2D eigenvalue weighted by molar-refractivity contribution is 8.00. The van der Waals surface area contributed by atoms with E-state index in [2.05, 4.69) is 21.8 Å². The molecular formula is C20H25F2N3OS. The van der Waals surface area contributed by atoms with Crippen LogP contribution in [0.25, 0.3) is 0 Å². The van der Waals surface area contributed by atoms with Crippen molar-refractivity contribution in [2.24, 2.45) is 0 Å². The van der Waals surface area contributed by atoms with E-state index in [0.717, 1.165) is 47.6 Å². The van der Waals surface area contributed by atoms with Crippen LogP contribution in [0.4, 0.5) is 14.5 Å². The second-order valence-electron chi connectivity index (χ2n) is 7.10. The lowest BCUT2D eigenvalue weighted by Crippen LogP contribution is -2.24. The molecule has 1 aliphatic rings. The van der Waals surface area contributed by atoms with E-state index >= 15 is 0 Å². The first-order chi connectivity index (χ1) is 12.9. The third-order valence-corrected chi connectivity index (χ3v) is 6.20. The van der Waals surface area contributed by atoms with Crippen molar-refractivity contribution < 1.29 is 13.6 Å². The first-order valence-electron chi connectivity index (χ1n) is 9.35. The number of amides is 1. The highest BCUT2D eigenvalue weighted by Crippen LogP contribution is 2.35. The number of anilines is 1. The average Bonchev–Trinajstić information content (AvgIpc) is 2.92. The molecular weight excluding hydrogens is 368 g/mol. The minimum Gasteiger partial charge on any atom is -0.323 e. The van der Waals surface area contributed by atoms with E-state index in [1.807, 2.05) is 6.92 Å². The van der Waals surface area contributed by atoms with Crippen LogP contribution in [0, 0.1) is 25.5 Å². The van der Waals surface area contributed by atoms with E-state index < -0.39 is 16.9 Å². The predicted octanol–water partition coefficient (Wildman–Crippen LogP) is 5.40. The van der Waals surface area contributed by atoms with Crippen molar-refractivity contribution in [2.75, 3.05) is 5.32 Å². The van der Waals surface area contributed by atoms with Crippen LogP contribution in [-0.2, 0) is 4.79 Å². The van der Waals surface area contributed by atoms with Crippen molar-refractivity contribution in [3.8, 4) is 0 Å². The van der Waals surface area contributed by atoms with Gasteiger partial charge >= 0.3 is 0 Å². The van der Waals surface area contributed by atoms with Gasteiger partial charge in [-0.2, -0.15) is 0 Å². The summed E-state index contributed by atoms with van der Waals surface area (Å²) in [5.41, 5.74) is 1.95. The molecule has 7 heteroatoms. The Labute approximate surface area is 162 Å². The molecule has 1 N–H and O–H groups in total. The standard InChI is InChI=1S/C20H25F2N3OS/c1-12-13(2)25(16-7-5-4-6-8-16)20(23-12)27-14(3)19(26)24-18-11-15(21)9-10-17(18)22/h9-11,14,16H,4-8H2,1-3H3,(H,24,26). The van der Waals surface area contributed by atoms with Crippen molar-refractivity contribution in [3.05, 3.63) is 41.2 Å². The molecule has 1 unspecified atom stereocenters. The smallest absolute Gasteiger partial charge is 0.237 e. The summed E-state index contributed by atoms with van der Waals surface area (Å²) < 4.78 is 29.3. The molecule has 146 valence electrons. The number of hydrogen-bond acceptors (Lipinski definition) is 3. The topological polar surface area (TPSA) is 46.9 Å². The van der Waals surface area contributed by atoms with Crippen LogP contribution in [0.1, 0.15) is 56.5 Å². The second-order valence-corrected chi connectivity index (χ2v) is 8.41. The lowest BCUT2D eigenvalue weighted by atomic mass is 9.95. The van der Waals surface area contributed by atoms with Crippen LogP contribution < -0.4 is 5.32 Å². The normalized spacial score (nSPS) is 16.3. The van der Waals surface area contributed by atoms with Crippen molar-refractivity contribution in [1.29, 1.82) is 0 Å². The number of aryl methyl sites for hydroxylation is 1. The molecule has 1 amide bonds. The monoisotopic (exact) mass is 393 g/mol. The maximum Gasteiger partial charge on any atom is 0.237 e. The Balaban J connectivity index is 1.75. The fourth-order valence-electron chi connectivity index (χ4n) is 3.49. The van der Waals surface area contributed by atoms with Crippen LogP contribution >= 0.6 is 11.8 Å². The SMILES string of the molecule is Cc1nc(SC(C)C(=O)Nc2cc(F)ccc2F)n(C2CCCCC2)c1C. The van der Waals surface area contributed by atoms with Gasteiger partial charge in [0.25, 0.3) is 0 Å². The fourth-order valence-corrected chi connectivity index (χ4v) is 4.56. The number of rotatable bonds is 5. The molecule has 0 radical (unpaired) electrons. The largest absolute Gasteiger partial charge is 0.323 e. The third kappa shape index (κ3) is 4.51. The van der Waals surface area contributed by atoms with Crippen molar-refractivity contribution in [3.63, 3.8) is 0 Å². The van der Waals surface area contributed by atoms with Crippen molar-refractivity contribution >= 4 is 23.4 Å². The summed E-state index contributed by atoms with van der Waals surface area (Å²) in [6.45, 7) is 5.79. The van der Waals surface area contributed by atoms with E-state index in [-0.39, 0.29) is 11.6 Å². The lowest BCUT2D eigenvalue weighted by Gasteiger charge is -2.26. The maximum absolute atomic E-state index is 13.8. The molecule has 3 rings (SSSR count). The Hall–Kier alpha value is -1.89. The molecule has 1 atom stereocenters. The highest BCUT2D eigenvalue weighted by Gasteiger charge is 2.25. The van der Waals surface area contributed by atoms with Crippen molar-refractivity contribution in [1.82, 2.24) is 9.55 Å². The average molecular weight is 394 g/mol. The number of carbonyl (C=O) groups excluding carboxylic acids is 1. The lowest BCUT2D eigenvalue weighted by molar-refractivity contribution is -0.115. The van der Waals surface area contributed by atoms with E-state index in [9.17, 15) is 13.6 Å². The fraction of sp³-hybridized carbons (Fsp3) is 0.500. The van der Waals surface area contributed by atoms with Gasteiger partial charge in [0.05, 0.1) is 16.6 Å². The van der Waals surface area contributed by atoms with E-state index in [4.69, 9.17) is 0 Å².